The number of aliphatic carboxylic acids is 2. The summed E-state index contributed by atoms with van der Waals surface area (Å²) in [5, 5.41) is 18.5. The van der Waals surface area contributed by atoms with E-state index in [-0.39, 0.29) is 6.09 Å². The minimum atomic E-state index is -1.26. The number of aryl methyl sites for hydroxylation is 1. The van der Waals surface area contributed by atoms with Gasteiger partial charge in [0, 0.05) is 67.6 Å². The predicted molar refractivity (Wildman–Crippen MR) is 142 cm³/mol. The number of carboxylic acids is 2. The molecule has 3 aliphatic rings. The zero-order valence-electron chi connectivity index (χ0n) is 21.6. The van der Waals surface area contributed by atoms with Crippen LogP contribution in [0.4, 0.5) is 4.79 Å². The number of thioether (sulfide) groups is 1. The first kappa shape index (κ1) is 27.1. The van der Waals surface area contributed by atoms with Crippen LogP contribution in [-0.2, 0) is 27.8 Å². The molecule has 3 atom stereocenters. The van der Waals surface area contributed by atoms with E-state index in [1.807, 2.05) is 16.7 Å². The molecule has 5 rings (SSSR count). The van der Waals surface area contributed by atoms with Crippen LogP contribution in [0.5, 0.6) is 0 Å². The molecule has 2 aliphatic heterocycles. The summed E-state index contributed by atoms with van der Waals surface area (Å²) in [6.07, 6.45) is 7.61. The van der Waals surface area contributed by atoms with E-state index in [0.29, 0.717) is 36.6 Å². The number of amides is 1. The molecule has 3 heterocycles. The maximum absolute atomic E-state index is 12.3. The molecule has 1 amide bonds. The molecule has 9 nitrogen and oxygen atoms in total. The molecule has 1 aromatic carbocycles. The first-order valence-corrected chi connectivity index (χ1v) is 13.8. The van der Waals surface area contributed by atoms with Gasteiger partial charge in [-0.25, -0.2) is 14.4 Å². The van der Waals surface area contributed by atoms with Crippen LogP contribution in [0.1, 0.15) is 36.3 Å². The second kappa shape index (κ2) is 11.6. The van der Waals surface area contributed by atoms with Crippen molar-refractivity contribution >= 4 is 40.7 Å². The third kappa shape index (κ3) is 5.80. The van der Waals surface area contributed by atoms with Crippen LogP contribution >= 0.6 is 11.8 Å². The maximum Gasteiger partial charge on any atom is 0.409 e. The summed E-state index contributed by atoms with van der Waals surface area (Å²) >= 11 is 1.86. The van der Waals surface area contributed by atoms with Gasteiger partial charge in [-0.1, -0.05) is 12.1 Å². The molecule has 2 fully saturated rings. The average Bonchev–Trinajstić information content (AvgIpc) is 3.50. The largest absolute Gasteiger partial charge is 0.478 e. The standard InChI is InChI=1S/C23H31N3O2S.C4H4O4/c1-24-13-15(14-28-23(27)26-9-4-5-10-26)11-17-16-7-6-8-19-21(16)18(12-20(17)24)22(29-3)25(19)2;5-3(6)1-2-4(7)8/h6-8,15,17,20H,4-5,9-14H2,1-3H3;1-2H,(H,5,6)(H,7,8)/b;2-1-/t15-,17?,20-;/m1./s1. The SMILES string of the molecule is CSc1c2c3c(cccc3n1C)C1C[C@@H](COC(=O)N3CCCC3)CN(C)[C@@H]1C2.O=C(O)/C=C\C(=O)O. The highest BCUT2D eigenvalue weighted by molar-refractivity contribution is 7.98. The highest BCUT2D eigenvalue weighted by atomic mass is 32.2. The molecule has 1 aliphatic carbocycles. The van der Waals surface area contributed by atoms with Crippen LogP contribution in [0.15, 0.2) is 35.4 Å². The Hall–Kier alpha value is -2.98. The lowest BCUT2D eigenvalue weighted by Gasteiger charge is -2.45. The van der Waals surface area contributed by atoms with Gasteiger partial charge < -0.3 is 29.3 Å². The highest BCUT2D eigenvalue weighted by Gasteiger charge is 2.41. The highest BCUT2D eigenvalue weighted by Crippen LogP contribution is 2.47. The van der Waals surface area contributed by atoms with E-state index in [1.54, 1.807) is 0 Å². The lowest BCUT2D eigenvalue weighted by Crippen LogP contribution is -2.49. The number of piperidine rings is 1. The molecule has 1 unspecified atom stereocenters. The normalized spacial score (nSPS) is 23.0. The summed E-state index contributed by atoms with van der Waals surface area (Å²) in [5.41, 5.74) is 4.37. The van der Waals surface area contributed by atoms with E-state index < -0.39 is 11.9 Å². The van der Waals surface area contributed by atoms with Crippen molar-refractivity contribution in [2.24, 2.45) is 13.0 Å². The summed E-state index contributed by atoms with van der Waals surface area (Å²) in [6.45, 7) is 3.24. The monoisotopic (exact) mass is 529 g/mol. The number of likely N-dealkylation sites (N-methyl/N-ethyl adjacent to an activating group) is 1. The summed E-state index contributed by atoms with van der Waals surface area (Å²) < 4.78 is 8.10. The molecule has 2 N–H and O–H groups in total. The van der Waals surface area contributed by atoms with Gasteiger partial charge in [0.1, 0.15) is 0 Å². The van der Waals surface area contributed by atoms with Gasteiger partial charge in [-0.2, -0.15) is 0 Å². The molecule has 2 saturated heterocycles. The lowest BCUT2D eigenvalue weighted by atomic mass is 9.72. The number of carboxylic acid groups (broad SMARTS) is 2. The smallest absolute Gasteiger partial charge is 0.409 e. The van der Waals surface area contributed by atoms with E-state index in [4.69, 9.17) is 14.9 Å². The maximum atomic E-state index is 12.3. The number of benzene rings is 1. The first-order valence-electron chi connectivity index (χ1n) is 12.6. The molecular weight excluding hydrogens is 494 g/mol. The molecule has 1 aromatic heterocycles. The average molecular weight is 530 g/mol. The Kier molecular flexibility index (Phi) is 8.49. The topological polar surface area (TPSA) is 112 Å². The van der Waals surface area contributed by atoms with Crippen molar-refractivity contribution in [2.45, 2.75) is 42.7 Å². The molecule has 200 valence electrons. The second-order valence-corrected chi connectivity index (χ2v) is 10.8. The Bertz CT molecular complexity index is 1190. The van der Waals surface area contributed by atoms with Gasteiger partial charge in [-0.15, -0.1) is 11.8 Å². The Morgan fingerprint density at radius 2 is 1.78 bits per heavy atom. The molecule has 0 saturated carbocycles. The first-order chi connectivity index (χ1) is 17.7. The number of hydrogen-bond acceptors (Lipinski definition) is 6. The Morgan fingerprint density at radius 3 is 2.41 bits per heavy atom. The summed E-state index contributed by atoms with van der Waals surface area (Å²) in [5.74, 6) is -1.61. The van der Waals surface area contributed by atoms with Crippen molar-refractivity contribution in [1.29, 1.82) is 0 Å². The fourth-order valence-corrected chi connectivity index (χ4v) is 6.87. The number of carbonyl (C=O) groups is 3. The number of nitrogens with zero attached hydrogens (tertiary/aromatic N) is 3. The van der Waals surface area contributed by atoms with Gasteiger partial charge in [-0.3, -0.25) is 0 Å². The molecular formula is C27H35N3O6S. The molecule has 2 aromatic rings. The zero-order chi connectivity index (χ0) is 26.7. The van der Waals surface area contributed by atoms with Gasteiger partial charge in [0.2, 0.25) is 0 Å². The Labute approximate surface area is 221 Å². The quantitative estimate of drug-likeness (QED) is 0.444. The fourth-order valence-electron chi connectivity index (χ4n) is 6.07. The molecule has 0 radical (unpaired) electrons. The van der Waals surface area contributed by atoms with Crippen LogP contribution in [0.3, 0.4) is 0 Å². The van der Waals surface area contributed by atoms with Crippen molar-refractivity contribution in [3.8, 4) is 0 Å². The summed E-state index contributed by atoms with van der Waals surface area (Å²) in [6, 6.07) is 7.33. The Morgan fingerprint density at radius 1 is 1.11 bits per heavy atom. The number of fused-ring (bicyclic) bond motifs is 2. The lowest BCUT2D eigenvalue weighted by molar-refractivity contribution is -0.134. The van der Waals surface area contributed by atoms with Crippen LogP contribution in [0.2, 0.25) is 0 Å². The number of rotatable bonds is 5. The van der Waals surface area contributed by atoms with Crippen LogP contribution in [-0.4, -0.2) is 88.2 Å². The van der Waals surface area contributed by atoms with Gasteiger partial charge in [-0.05, 0) is 56.2 Å². The van der Waals surface area contributed by atoms with E-state index in [1.165, 1.54) is 27.1 Å². The fraction of sp³-hybridized carbons (Fsp3) is 0.519. The molecule has 0 spiro atoms. The zero-order valence-corrected chi connectivity index (χ0v) is 22.4. The minimum absolute atomic E-state index is 0.118. The van der Waals surface area contributed by atoms with E-state index >= 15 is 0 Å². The second-order valence-electron chi connectivity index (χ2n) is 9.99. The summed E-state index contributed by atoms with van der Waals surface area (Å²) in [4.78, 5) is 35.8. The third-order valence-corrected chi connectivity index (χ3v) is 8.55. The van der Waals surface area contributed by atoms with Crippen LogP contribution < -0.4 is 0 Å². The van der Waals surface area contributed by atoms with Gasteiger partial charge in [0.15, 0.2) is 0 Å². The van der Waals surface area contributed by atoms with Crippen LogP contribution in [0.25, 0.3) is 10.9 Å². The van der Waals surface area contributed by atoms with E-state index in [2.05, 4.69) is 48.0 Å². The number of likely N-dealkylation sites (tertiary alicyclic amines) is 2. The van der Waals surface area contributed by atoms with Crippen molar-refractivity contribution in [1.82, 2.24) is 14.4 Å². The van der Waals surface area contributed by atoms with Crippen molar-refractivity contribution in [2.75, 3.05) is 39.5 Å². The third-order valence-electron chi connectivity index (χ3n) is 7.65. The van der Waals surface area contributed by atoms with Gasteiger partial charge >= 0.3 is 18.0 Å². The van der Waals surface area contributed by atoms with Gasteiger partial charge in [0.25, 0.3) is 0 Å². The van der Waals surface area contributed by atoms with E-state index in [9.17, 15) is 14.4 Å². The number of ether oxygens (including phenoxy) is 1. The minimum Gasteiger partial charge on any atom is -0.478 e. The van der Waals surface area contributed by atoms with Gasteiger partial charge in [0.05, 0.1) is 11.6 Å². The van der Waals surface area contributed by atoms with Crippen molar-refractivity contribution < 1.29 is 29.3 Å². The molecule has 37 heavy (non-hydrogen) atoms. The number of aromatic nitrogens is 1. The molecule has 0 bridgehead atoms. The van der Waals surface area contributed by atoms with Crippen molar-refractivity contribution in [3.63, 3.8) is 0 Å². The predicted octanol–water partition coefficient (Wildman–Crippen LogP) is 3.80. The van der Waals surface area contributed by atoms with Crippen LogP contribution in [0, 0.1) is 5.92 Å². The summed E-state index contributed by atoms with van der Waals surface area (Å²) in [7, 11) is 4.44. The van der Waals surface area contributed by atoms with Crippen molar-refractivity contribution in [3.05, 3.63) is 41.5 Å². The molecule has 10 heteroatoms. The number of hydrogen-bond donors (Lipinski definition) is 2. The number of carbonyl (C=O) groups excluding carboxylic acids is 1. The Balaban J connectivity index is 0.000000349. The van der Waals surface area contributed by atoms with E-state index in [0.717, 1.165) is 45.3 Å².